The molecule has 4 rings (SSSR count). The highest BCUT2D eigenvalue weighted by molar-refractivity contribution is 8.00. The van der Waals surface area contributed by atoms with Gasteiger partial charge in [0.1, 0.15) is 23.1 Å². The number of hydrogen-bond acceptors (Lipinski definition) is 6. The zero-order valence-electron chi connectivity index (χ0n) is 20.0. The number of halogens is 1. The van der Waals surface area contributed by atoms with Crippen molar-refractivity contribution in [3.8, 4) is 11.5 Å². The summed E-state index contributed by atoms with van der Waals surface area (Å²) >= 11 is 1.13. The van der Waals surface area contributed by atoms with Crippen LogP contribution in [0, 0.1) is 11.7 Å². The lowest BCUT2D eigenvalue weighted by Crippen LogP contribution is -2.34. The molecule has 2 amide bonds. The number of benzene rings is 2. The fraction of sp³-hybridized carbons (Fsp3) is 0.320. The van der Waals surface area contributed by atoms with Crippen molar-refractivity contribution in [3.05, 3.63) is 65.1 Å². The summed E-state index contributed by atoms with van der Waals surface area (Å²) in [5.74, 6) is -0.00841. The molecule has 3 unspecified atom stereocenters. The van der Waals surface area contributed by atoms with Crippen LogP contribution in [0.15, 0.2) is 47.5 Å². The zero-order valence-corrected chi connectivity index (χ0v) is 20.8. The van der Waals surface area contributed by atoms with Crippen molar-refractivity contribution in [1.82, 2.24) is 15.5 Å². The second-order valence-corrected chi connectivity index (χ2v) is 9.49. The fourth-order valence-corrected chi connectivity index (χ4v) is 5.50. The largest absolute Gasteiger partial charge is 0.495 e. The van der Waals surface area contributed by atoms with E-state index in [0.717, 1.165) is 28.5 Å². The molecule has 9 nitrogen and oxygen atoms in total. The second-order valence-electron chi connectivity index (χ2n) is 8.50. The van der Waals surface area contributed by atoms with Gasteiger partial charge in [-0.15, -0.1) is 11.8 Å². The molecule has 190 valence electrons. The van der Waals surface area contributed by atoms with Gasteiger partial charge < -0.3 is 19.9 Å². The summed E-state index contributed by atoms with van der Waals surface area (Å²) < 4.78 is 25.3. The first kappa shape index (κ1) is 25.4. The number of anilines is 1. The van der Waals surface area contributed by atoms with E-state index in [-0.39, 0.29) is 23.4 Å². The number of amides is 2. The molecule has 1 aliphatic rings. The first-order chi connectivity index (χ1) is 17.3. The molecule has 1 aromatic heterocycles. The van der Waals surface area contributed by atoms with Crippen LogP contribution >= 0.6 is 11.8 Å². The molecule has 4 N–H and O–H groups in total. The number of carboxylic acid groups (broad SMARTS) is 1. The normalized spacial score (nSPS) is 18.4. The summed E-state index contributed by atoms with van der Waals surface area (Å²) in [5.41, 5.74) is 2.61. The predicted octanol–water partition coefficient (Wildman–Crippen LogP) is 4.58. The van der Waals surface area contributed by atoms with Gasteiger partial charge in [-0.05, 0) is 59.2 Å². The summed E-state index contributed by atoms with van der Waals surface area (Å²) in [5, 5.41) is 21.2. The molecule has 2 aromatic carbocycles. The van der Waals surface area contributed by atoms with E-state index in [4.69, 9.17) is 14.6 Å². The van der Waals surface area contributed by atoms with Gasteiger partial charge in [-0.25, -0.2) is 9.18 Å². The number of nitrogens with one attached hydrogen (secondary N) is 3. The van der Waals surface area contributed by atoms with Gasteiger partial charge in [0.2, 0.25) is 0 Å². The maximum absolute atomic E-state index is 14.2. The Morgan fingerprint density at radius 3 is 2.47 bits per heavy atom. The Bertz CT molecular complexity index is 1230. The Kier molecular flexibility index (Phi) is 7.68. The molecular formula is C25H27FN4O5S. The molecule has 0 spiro atoms. The molecule has 36 heavy (non-hydrogen) atoms. The summed E-state index contributed by atoms with van der Waals surface area (Å²) in [6, 6.07) is 9.22. The maximum Gasteiger partial charge on any atom is 0.320 e. The van der Waals surface area contributed by atoms with Gasteiger partial charge in [-0.2, -0.15) is 5.10 Å². The van der Waals surface area contributed by atoms with Crippen molar-refractivity contribution in [2.24, 2.45) is 5.92 Å². The van der Waals surface area contributed by atoms with Gasteiger partial charge in [-0.3, -0.25) is 15.2 Å². The Labute approximate surface area is 211 Å². The number of carboxylic acids is 1. The van der Waals surface area contributed by atoms with Crippen molar-refractivity contribution < 1.29 is 28.6 Å². The fourth-order valence-electron chi connectivity index (χ4n) is 4.66. The number of hydrogen-bond donors (Lipinski definition) is 4. The zero-order chi connectivity index (χ0) is 25.8. The highest BCUT2D eigenvalue weighted by Gasteiger charge is 2.39. The molecule has 0 aliphatic heterocycles. The van der Waals surface area contributed by atoms with Gasteiger partial charge in [0.05, 0.1) is 37.1 Å². The van der Waals surface area contributed by atoms with E-state index >= 15 is 0 Å². The number of rotatable bonds is 9. The van der Waals surface area contributed by atoms with E-state index < -0.39 is 18.0 Å². The Hall–Kier alpha value is -3.73. The minimum absolute atomic E-state index is 0.0232. The molecule has 0 saturated carbocycles. The van der Waals surface area contributed by atoms with E-state index in [2.05, 4.69) is 20.8 Å². The molecule has 11 heteroatoms. The molecule has 3 atom stereocenters. The van der Waals surface area contributed by atoms with Crippen molar-refractivity contribution in [2.45, 2.75) is 30.2 Å². The SMILES string of the molecule is COc1cc(CC2c3ccc(F)cc3C(NC(=O)Nc3ccn[nH]3)C2C)cc(OC)c1SCC(=O)O. The monoisotopic (exact) mass is 514 g/mol. The third-order valence-corrected chi connectivity index (χ3v) is 7.38. The Balaban J connectivity index is 1.61. The van der Waals surface area contributed by atoms with Crippen LogP contribution in [0.3, 0.4) is 0 Å². The lowest BCUT2D eigenvalue weighted by atomic mass is 9.86. The van der Waals surface area contributed by atoms with Crippen molar-refractivity contribution in [2.75, 3.05) is 25.3 Å². The third-order valence-electron chi connectivity index (χ3n) is 6.30. The smallest absolute Gasteiger partial charge is 0.320 e. The molecule has 0 fully saturated rings. The Morgan fingerprint density at radius 2 is 1.86 bits per heavy atom. The van der Waals surface area contributed by atoms with Gasteiger partial charge in [0.25, 0.3) is 0 Å². The van der Waals surface area contributed by atoms with Gasteiger partial charge in [0.15, 0.2) is 0 Å². The number of aliphatic carboxylic acids is 1. The van der Waals surface area contributed by atoms with Gasteiger partial charge >= 0.3 is 12.0 Å². The number of carbonyl (C=O) groups is 2. The van der Waals surface area contributed by atoms with Crippen LogP contribution in [0.4, 0.5) is 15.0 Å². The number of thioether (sulfide) groups is 1. The van der Waals surface area contributed by atoms with Crippen molar-refractivity contribution >= 4 is 29.6 Å². The number of nitrogens with zero attached hydrogens (tertiary/aromatic N) is 1. The van der Waals surface area contributed by atoms with Crippen LogP contribution in [-0.2, 0) is 11.2 Å². The van der Waals surface area contributed by atoms with Crippen LogP contribution in [0.25, 0.3) is 0 Å². The lowest BCUT2D eigenvalue weighted by Gasteiger charge is -2.23. The van der Waals surface area contributed by atoms with Crippen LogP contribution < -0.4 is 20.1 Å². The standard InChI is InChI=1S/C25H27FN4O5S/c1-13-17(8-14-9-19(34-2)24(20(10-14)35-3)36-12-22(31)32)16-5-4-15(26)11-18(16)23(13)29-25(33)28-21-6-7-27-30-21/h4-7,9-11,13,17,23H,8,12H2,1-3H3,(H,31,32)(H3,27,28,29,30,33). The number of fused-ring (bicyclic) bond motifs is 1. The number of aromatic amines is 1. The number of methoxy groups -OCH3 is 2. The molecular weight excluding hydrogens is 487 g/mol. The number of urea groups is 1. The van der Waals surface area contributed by atoms with Crippen LogP contribution in [0.2, 0.25) is 0 Å². The first-order valence-electron chi connectivity index (χ1n) is 11.3. The van der Waals surface area contributed by atoms with Crippen molar-refractivity contribution in [3.63, 3.8) is 0 Å². The summed E-state index contributed by atoms with van der Waals surface area (Å²) in [6.07, 6.45) is 2.11. The van der Waals surface area contributed by atoms with E-state index in [1.165, 1.54) is 32.5 Å². The number of ether oxygens (including phenoxy) is 2. The molecule has 3 aromatic rings. The molecule has 0 radical (unpaired) electrons. The molecule has 0 saturated heterocycles. The lowest BCUT2D eigenvalue weighted by molar-refractivity contribution is -0.133. The van der Waals surface area contributed by atoms with Crippen LogP contribution in [0.5, 0.6) is 11.5 Å². The average molecular weight is 515 g/mol. The van der Waals surface area contributed by atoms with Gasteiger partial charge in [0, 0.05) is 6.07 Å². The highest BCUT2D eigenvalue weighted by Crippen LogP contribution is 2.48. The minimum atomic E-state index is -0.938. The summed E-state index contributed by atoms with van der Waals surface area (Å²) in [7, 11) is 3.05. The minimum Gasteiger partial charge on any atom is -0.495 e. The number of carbonyl (C=O) groups excluding carboxylic acids is 1. The summed E-state index contributed by atoms with van der Waals surface area (Å²) in [4.78, 5) is 24.3. The van der Waals surface area contributed by atoms with Crippen LogP contribution in [0.1, 0.15) is 35.6 Å². The maximum atomic E-state index is 14.2. The third kappa shape index (κ3) is 5.40. The van der Waals surface area contributed by atoms with E-state index in [0.29, 0.717) is 28.6 Å². The molecule has 0 bridgehead atoms. The highest BCUT2D eigenvalue weighted by atomic mass is 32.2. The quantitative estimate of drug-likeness (QED) is 0.308. The number of H-pyrrole nitrogens is 1. The predicted molar refractivity (Wildman–Crippen MR) is 133 cm³/mol. The second kappa shape index (κ2) is 10.9. The van der Waals surface area contributed by atoms with E-state index in [1.807, 2.05) is 19.1 Å². The Morgan fingerprint density at radius 1 is 1.14 bits per heavy atom. The first-order valence-corrected chi connectivity index (χ1v) is 12.2. The average Bonchev–Trinajstić information content (AvgIpc) is 3.44. The van der Waals surface area contributed by atoms with E-state index in [1.54, 1.807) is 12.1 Å². The summed E-state index contributed by atoms with van der Waals surface area (Å²) in [6.45, 7) is 2.02. The molecule has 1 heterocycles. The molecule has 1 aliphatic carbocycles. The number of aromatic nitrogens is 2. The van der Waals surface area contributed by atoms with Gasteiger partial charge in [-0.1, -0.05) is 13.0 Å². The van der Waals surface area contributed by atoms with Crippen molar-refractivity contribution in [1.29, 1.82) is 0 Å². The topological polar surface area (TPSA) is 126 Å². The van der Waals surface area contributed by atoms with E-state index in [9.17, 15) is 14.0 Å². The van der Waals surface area contributed by atoms with Crippen LogP contribution in [-0.4, -0.2) is 47.3 Å².